The highest BCUT2D eigenvalue weighted by molar-refractivity contribution is 5.89. The van der Waals surface area contributed by atoms with Crippen LogP contribution in [-0.2, 0) is 4.74 Å². The number of ether oxygens (including phenoxy) is 1. The Morgan fingerprint density at radius 3 is 2.40 bits per heavy atom. The Morgan fingerprint density at radius 2 is 1.85 bits per heavy atom. The van der Waals surface area contributed by atoms with Gasteiger partial charge in [0.1, 0.15) is 0 Å². The molecule has 1 aromatic carbocycles. The van der Waals surface area contributed by atoms with Crippen molar-refractivity contribution in [3.63, 3.8) is 0 Å². The zero-order valence-electron chi connectivity index (χ0n) is 12.9. The van der Waals surface area contributed by atoms with Crippen LogP contribution in [0.1, 0.15) is 44.0 Å². The van der Waals surface area contributed by atoms with Crippen molar-refractivity contribution >= 4 is 5.97 Å². The number of rotatable bonds is 4. The summed E-state index contributed by atoms with van der Waals surface area (Å²) in [7, 11) is 2.18. The molecular weight excluding hydrogens is 250 g/mol. The standard InChI is InChI=1S/C17H25NO2/c1-17(2,3)18(4)15-10-13(11-15)12-20-16(19)14-8-6-5-7-9-14/h5-9,13,15H,10-12H2,1-4H3. The van der Waals surface area contributed by atoms with Crippen LogP contribution in [0.2, 0.25) is 0 Å². The van der Waals surface area contributed by atoms with E-state index in [1.807, 2.05) is 18.2 Å². The number of nitrogens with zero attached hydrogens (tertiary/aromatic N) is 1. The van der Waals surface area contributed by atoms with Gasteiger partial charge in [-0.15, -0.1) is 0 Å². The number of carbonyl (C=O) groups is 1. The molecule has 0 N–H and O–H groups in total. The minimum Gasteiger partial charge on any atom is -0.462 e. The Hall–Kier alpha value is -1.35. The zero-order chi connectivity index (χ0) is 14.8. The molecule has 0 heterocycles. The molecule has 1 saturated carbocycles. The number of esters is 1. The predicted octanol–water partition coefficient (Wildman–Crippen LogP) is 3.35. The van der Waals surface area contributed by atoms with Gasteiger partial charge < -0.3 is 4.74 Å². The van der Waals surface area contributed by atoms with Gasteiger partial charge in [0.2, 0.25) is 0 Å². The van der Waals surface area contributed by atoms with Gasteiger partial charge in [-0.25, -0.2) is 4.79 Å². The summed E-state index contributed by atoms with van der Waals surface area (Å²) in [6, 6.07) is 9.81. The van der Waals surface area contributed by atoms with Crippen molar-refractivity contribution in [1.29, 1.82) is 0 Å². The van der Waals surface area contributed by atoms with Crippen LogP contribution in [0, 0.1) is 5.92 Å². The Kier molecular flexibility index (Phi) is 4.48. The van der Waals surface area contributed by atoms with Crippen LogP contribution in [0.3, 0.4) is 0 Å². The van der Waals surface area contributed by atoms with E-state index < -0.39 is 0 Å². The third kappa shape index (κ3) is 3.60. The number of hydrogen-bond donors (Lipinski definition) is 0. The van der Waals surface area contributed by atoms with Crippen LogP contribution in [-0.4, -0.2) is 36.1 Å². The highest BCUT2D eigenvalue weighted by Gasteiger charge is 2.36. The largest absolute Gasteiger partial charge is 0.462 e. The summed E-state index contributed by atoms with van der Waals surface area (Å²) < 4.78 is 5.39. The van der Waals surface area contributed by atoms with E-state index in [1.165, 1.54) is 0 Å². The summed E-state index contributed by atoms with van der Waals surface area (Å²) >= 11 is 0. The van der Waals surface area contributed by atoms with Gasteiger partial charge in [-0.2, -0.15) is 0 Å². The maximum Gasteiger partial charge on any atom is 0.338 e. The molecule has 3 nitrogen and oxygen atoms in total. The highest BCUT2D eigenvalue weighted by Crippen LogP contribution is 2.34. The van der Waals surface area contributed by atoms with Crippen LogP contribution < -0.4 is 0 Å². The van der Waals surface area contributed by atoms with E-state index in [9.17, 15) is 4.79 Å². The lowest BCUT2D eigenvalue weighted by molar-refractivity contribution is -0.00313. The summed E-state index contributed by atoms with van der Waals surface area (Å²) in [5.74, 6) is 0.302. The molecule has 0 aliphatic heterocycles. The summed E-state index contributed by atoms with van der Waals surface area (Å²) in [6.45, 7) is 7.24. The molecule has 0 bridgehead atoms. The number of hydrogen-bond acceptors (Lipinski definition) is 3. The molecule has 0 radical (unpaired) electrons. The van der Waals surface area contributed by atoms with Crippen molar-refractivity contribution in [3.05, 3.63) is 35.9 Å². The summed E-state index contributed by atoms with van der Waals surface area (Å²) in [6.07, 6.45) is 2.24. The Balaban J connectivity index is 1.72. The minimum absolute atomic E-state index is 0.205. The maximum atomic E-state index is 11.8. The molecule has 1 aromatic rings. The molecule has 0 saturated heterocycles. The van der Waals surface area contributed by atoms with Gasteiger partial charge in [0.05, 0.1) is 12.2 Å². The van der Waals surface area contributed by atoms with Crippen LogP contribution in [0.15, 0.2) is 30.3 Å². The molecule has 0 amide bonds. The van der Waals surface area contributed by atoms with Crippen LogP contribution in [0.5, 0.6) is 0 Å². The van der Waals surface area contributed by atoms with Crippen LogP contribution >= 0.6 is 0 Å². The Labute approximate surface area is 121 Å². The molecule has 1 aliphatic rings. The zero-order valence-corrected chi connectivity index (χ0v) is 12.9. The lowest BCUT2D eigenvalue weighted by atomic mass is 9.78. The molecule has 1 aliphatic carbocycles. The van der Waals surface area contributed by atoms with Gasteiger partial charge >= 0.3 is 5.97 Å². The van der Waals surface area contributed by atoms with E-state index in [0.29, 0.717) is 24.1 Å². The molecule has 1 fully saturated rings. The smallest absolute Gasteiger partial charge is 0.338 e. The molecule has 0 aromatic heterocycles. The van der Waals surface area contributed by atoms with Crippen molar-refractivity contribution in [2.75, 3.05) is 13.7 Å². The second-order valence-electron chi connectivity index (χ2n) is 6.74. The van der Waals surface area contributed by atoms with Crippen molar-refractivity contribution in [2.24, 2.45) is 5.92 Å². The normalized spacial score (nSPS) is 22.4. The maximum absolute atomic E-state index is 11.8. The van der Waals surface area contributed by atoms with Gasteiger partial charge in [-0.1, -0.05) is 18.2 Å². The molecular formula is C17H25NO2. The second-order valence-corrected chi connectivity index (χ2v) is 6.74. The quantitative estimate of drug-likeness (QED) is 0.789. The van der Waals surface area contributed by atoms with Gasteiger partial charge in [-0.05, 0) is 58.7 Å². The fourth-order valence-electron chi connectivity index (χ4n) is 2.55. The van der Waals surface area contributed by atoms with Crippen molar-refractivity contribution in [2.45, 2.75) is 45.2 Å². The third-order valence-electron chi connectivity index (χ3n) is 4.28. The highest BCUT2D eigenvalue weighted by atomic mass is 16.5. The Bertz CT molecular complexity index is 444. The number of benzene rings is 1. The van der Waals surface area contributed by atoms with Crippen molar-refractivity contribution in [1.82, 2.24) is 4.90 Å². The monoisotopic (exact) mass is 275 g/mol. The van der Waals surface area contributed by atoms with Gasteiger partial charge in [0.25, 0.3) is 0 Å². The fourth-order valence-corrected chi connectivity index (χ4v) is 2.55. The van der Waals surface area contributed by atoms with Gasteiger partial charge in [0.15, 0.2) is 0 Å². The van der Waals surface area contributed by atoms with E-state index >= 15 is 0 Å². The van der Waals surface area contributed by atoms with Gasteiger partial charge in [0, 0.05) is 11.6 Å². The Morgan fingerprint density at radius 1 is 1.25 bits per heavy atom. The summed E-state index contributed by atoms with van der Waals surface area (Å²) in [5.41, 5.74) is 0.839. The lowest BCUT2D eigenvalue weighted by Crippen LogP contribution is -2.51. The topological polar surface area (TPSA) is 29.5 Å². The third-order valence-corrected chi connectivity index (χ3v) is 4.28. The first-order valence-electron chi connectivity index (χ1n) is 7.33. The van der Waals surface area contributed by atoms with E-state index in [4.69, 9.17) is 4.74 Å². The van der Waals surface area contributed by atoms with Crippen molar-refractivity contribution in [3.8, 4) is 0 Å². The van der Waals surface area contributed by atoms with Crippen molar-refractivity contribution < 1.29 is 9.53 Å². The average Bonchev–Trinajstić information content (AvgIpc) is 2.36. The second kappa shape index (κ2) is 5.96. The lowest BCUT2D eigenvalue weighted by Gasteiger charge is -2.46. The fraction of sp³-hybridized carbons (Fsp3) is 0.588. The molecule has 2 rings (SSSR count). The predicted molar refractivity (Wildman–Crippen MR) is 80.8 cm³/mol. The first kappa shape index (κ1) is 15.0. The molecule has 0 atom stereocenters. The first-order valence-corrected chi connectivity index (χ1v) is 7.33. The van der Waals surface area contributed by atoms with E-state index in [-0.39, 0.29) is 11.5 Å². The first-order chi connectivity index (χ1) is 9.38. The van der Waals surface area contributed by atoms with Crippen LogP contribution in [0.25, 0.3) is 0 Å². The molecule has 3 heteroatoms. The number of carbonyl (C=O) groups excluding carboxylic acids is 1. The van der Waals surface area contributed by atoms with Crippen LogP contribution in [0.4, 0.5) is 0 Å². The summed E-state index contributed by atoms with van der Waals surface area (Å²) in [5, 5.41) is 0. The molecule has 20 heavy (non-hydrogen) atoms. The molecule has 110 valence electrons. The van der Waals surface area contributed by atoms with E-state index in [0.717, 1.165) is 12.8 Å². The van der Waals surface area contributed by atoms with E-state index in [2.05, 4.69) is 32.7 Å². The SMILES string of the molecule is CN(C1CC(COC(=O)c2ccccc2)C1)C(C)(C)C. The van der Waals surface area contributed by atoms with Gasteiger partial charge in [-0.3, -0.25) is 4.90 Å². The molecule has 0 spiro atoms. The minimum atomic E-state index is -0.210. The molecule has 0 unspecified atom stereocenters. The van der Waals surface area contributed by atoms with E-state index in [1.54, 1.807) is 12.1 Å². The average molecular weight is 275 g/mol. The summed E-state index contributed by atoms with van der Waals surface area (Å²) in [4.78, 5) is 14.3.